The predicted octanol–water partition coefficient (Wildman–Crippen LogP) is 2.61. The van der Waals surface area contributed by atoms with Crippen molar-refractivity contribution in [2.24, 2.45) is 0 Å². The average molecular weight is 359 g/mol. The third-order valence-corrected chi connectivity index (χ3v) is 5.44. The van der Waals surface area contributed by atoms with Gasteiger partial charge >= 0.3 is 0 Å². The van der Waals surface area contributed by atoms with Gasteiger partial charge in [0.25, 0.3) is 5.56 Å². The monoisotopic (exact) mass is 359 g/mol. The van der Waals surface area contributed by atoms with Crippen molar-refractivity contribution in [3.05, 3.63) is 34.6 Å². The van der Waals surface area contributed by atoms with Crippen LogP contribution in [0.4, 0.5) is 0 Å². The van der Waals surface area contributed by atoms with E-state index in [0.29, 0.717) is 29.0 Å². The molecule has 3 rings (SSSR count). The van der Waals surface area contributed by atoms with E-state index in [2.05, 4.69) is 4.98 Å². The molecule has 7 heteroatoms. The van der Waals surface area contributed by atoms with Crippen molar-refractivity contribution in [2.75, 3.05) is 12.3 Å². The van der Waals surface area contributed by atoms with Crippen molar-refractivity contribution >= 4 is 34.5 Å². The molecule has 0 spiro atoms. The van der Waals surface area contributed by atoms with E-state index >= 15 is 0 Å². The molecule has 0 aliphatic carbocycles. The topological polar surface area (TPSA) is 72.3 Å². The Balaban J connectivity index is 1.93. The van der Waals surface area contributed by atoms with Crippen LogP contribution >= 0.6 is 11.8 Å². The molecule has 0 bridgehead atoms. The van der Waals surface area contributed by atoms with Gasteiger partial charge in [0.15, 0.2) is 5.16 Å². The summed E-state index contributed by atoms with van der Waals surface area (Å²) in [5.41, 5.74) is 0.534. The van der Waals surface area contributed by atoms with Crippen LogP contribution in [0.5, 0.6) is 0 Å². The molecular weight excluding hydrogens is 338 g/mol. The smallest absolute Gasteiger partial charge is 0.262 e. The summed E-state index contributed by atoms with van der Waals surface area (Å²) >= 11 is 1.23. The van der Waals surface area contributed by atoms with Gasteiger partial charge in [-0.05, 0) is 31.9 Å². The van der Waals surface area contributed by atoms with Gasteiger partial charge in [-0.3, -0.25) is 23.9 Å². The first-order valence-electron chi connectivity index (χ1n) is 8.50. The first-order valence-corrected chi connectivity index (χ1v) is 9.48. The molecule has 6 nitrogen and oxygen atoms in total. The first-order chi connectivity index (χ1) is 12.0. The highest BCUT2D eigenvalue weighted by molar-refractivity contribution is 7.99. The summed E-state index contributed by atoms with van der Waals surface area (Å²) in [6.07, 6.45) is 1.94. The lowest BCUT2D eigenvalue weighted by Gasteiger charge is -2.19. The number of amides is 2. The fourth-order valence-corrected chi connectivity index (χ4v) is 3.89. The Kier molecular flexibility index (Phi) is 5.22. The van der Waals surface area contributed by atoms with E-state index in [1.807, 2.05) is 26.0 Å². The number of para-hydroxylation sites is 1. The van der Waals surface area contributed by atoms with Gasteiger partial charge in [0, 0.05) is 19.0 Å². The molecule has 132 valence electrons. The Labute approximate surface area is 150 Å². The normalized spacial score (nSPS) is 15.8. The number of likely N-dealkylation sites (tertiary alicyclic amines) is 1. The molecule has 1 atom stereocenters. The number of imide groups is 1. The van der Waals surface area contributed by atoms with Crippen LogP contribution in [-0.4, -0.2) is 38.6 Å². The second-order valence-corrected chi connectivity index (χ2v) is 7.12. The maximum Gasteiger partial charge on any atom is 0.262 e. The molecule has 2 aromatic rings. The van der Waals surface area contributed by atoms with Crippen LogP contribution in [0, 0.1) is 0 Å². The molecule has 25 heavy (non-hydrogen) atoms. The van der Waals surface area contributed by atoms with Crippen molar-refractivity contribution in [1.82, 2.24) is 14.5 Å². The third-order valence-electron chi connectivity index (χ3n) is 4.51. The Hall–Kier alpha value is -2.15. The van der Waals surface area contributed by atoms with Gasteiger partial charge in [-0.2, -0.15) is 0 Å². The summed E-state index contributed by atoms with van der Waals surface area (Å²) in [7, 11) is 0. The summed E-state index contributed by atoms with van der Waals surface area (Å²) < 4.78 is 1.66. The zero-order valence-electron chi connectivity index (χ0n) is 14.4. The summed E-state index contributed by atoms with van der Waals surface area (Å²) in [6.45, 7) is 4.46. The second kappa shape index (κ2) is 7.39. The van der Waals surface area contributed by atoms with Gasteiger partial charge in [-0.1, -0.05) is 30.8 Å². The van der Waals surface area contributed by atoms with E-state index < -0.39 is 0 Å². The van der Waals surface area contributed by atoms with Crippen molar-refractivity contribution in [1.29, 1.82) is 0 Å². The zero-order valence-corrected chi connectivity index (χ0v) is 15.2. The van der Waals surface area contributed by atoms with Crippen molar-refractivity contribution < 1.29 is 9.59 Å². The van der Waals surface area contributed by atoms with Crippen molar-refractivity contribution in [2.45, 2.75) is 44.3 Å². The van der Waals surface area contributed by atoms with Gasteiger partial charge in [0.2, 0.25) is 11.8 Å². The standard InChI is InChI=1S/C18H21N3O3S/c1-3-12(2)21-17(24)13-7-4-5-8-14(13)19-18(21)25-11-16(23)20-10-6-9-15(20)22/h4-5,7-8,12H,3,6,9-11H2,1-2H3/t12-/m1/s1. The molecule has 0 unspecified atom stereocenters. The molecule has 1 aliphatic rings. The number of thioether (sulfide) groups is 1. The Morgan fingerprint density at radius 2 is 2.08 bits per heavy atom. The number of nitrogens with zero attached hydrogens (tertiary/aromatic N) is 3. The fourth-order valence-electron chi connectivity index (χ4n) is 2.91. The number of fused-ring (bicyclic) bond motifs is 1. The van der Waals surface area contributed by atoms with Crippen LogP contribution in [0.3, 0.4) is 0 Å². The maximum absolute atomic E-state index is 12.9. The number of benzene rings is 1. The van der Waals surface area contributed by atoms with Gasteiger partial charge < -0.3 is 0 Å². The van der Waals surface area contributed by atoms with Crippen LogP contribution in [0.15, 0.2) is 34.2 Å². The molecule has 2 amide bonds. The molecule has 1 aromatic carbocycles. The predicted molar refractivity (Wildman–Crippen MR) is 97.7 cm³/mol. The Bertz CT molecular complexity index is 877. The molecule has 1 fully saturated rings. The number of carbonyl (C=O) groups excluding carboxylic acids is 2. The van der Waals surface area contributed by atoms with Gasteiger partial charge in [-0.15, -0.1) is 0 Å². The molecule has 1 aromatic heterocycles. The van der Waals surface area contributed by atoms with Crippen molar-refractivity contribution in [3.63, 3.8) is 0 Å². The number of aromatic nitrogens is 2. The molecule has 0 radical (unpaired) electrons. The highest BCUT2D eigenvalue weighted by Crippen LogP contribution is 2.23. The van der Waals surface area contributed by atoms with Crippen LogP contribution in [0.25, 0.3) is 10.9 Å². The Morgan fingerprint density at radius 1 is 1.32 bits per heavy atom. The van der Waals surface area contributed by atoms with Crippen molar-refractivity contribution in [3.8, 4) is 0 Å². The van der Waals surface area contributed by atoms with E-state index in [1.165, 1.54) is 16.7 Å². The molecule has 2 heterocycles. The largest absolute Gasteiger partial charge is 0.284 e. The highest BCUT2D eigenvalue weighted by atomic mass is 32.2. The molecule has 1 aliphatic heterocycles. The van der Waals surface area contributed by atoms with Gasteiger partial charge in [-0.25, -0.2) is 4.98 Å². The molecule has 0 N–H and O–H groups in total. The Morgan fingerprint density at radius 3 is 2.76 bits per heavy atom. The first kappa shape index (κ1) is 17.7. The second-order valence-electron chi connectivity index (χ2n) is 6.18. The summed E-state index contributed by atoms with van der Waals surface area (Å²) in [5, 5.41) is 1.10. The SMILES string of the molecule is CC[C@@H](C)n1c(SCC(=O)N2CCCC2=O)nc2ccccc2c1=O. The van der Waals surface area contributed by atoms with Crippen LogP contribution in [-0.2, 0) is 9.59 Å². The van der Waals surface area contributed by atoms with E-state index in [1.54, 1.807) is 16.7 Å². The quantitative estimate of drug-likeness (QED) is 0.606. The van der Waals surface area contributed by atoms with E-state index in [-0.39, 0.29) is 29.2 Å². The minimum atomic E-state index is -0.217. The van der Waals surface area contributed by atoms with Crippen LogP contribution < -0.4 is 5.56 Å². The number of hydrogen-bond donors (Lipinski definition) is 0. The average Bonchev–Trinajstić information content (AvgIpc) is 3.05. The lowest BCUT2D eigenvalue weighted by Crippen LogP contribution is -2.33. The number of hydrogen-bond acceptors (Lipinski definition) is 5. The lowest BCUT2D eigenvalue weighted by atomic mass is 10.2. The maximum atomic E-state index is 12.9. The van der Waals surface area contributed by atoms with E-state index in [4.69, 9.17) is 0 Å². The summed E-state index contributed by atoms with van der Waals surface area (Å²) in [4.78, 5) is 42.8. The molecular formula is C18H21N3O3S. The lowest BCUT2D eigenvalue weighted by molar-refractivity contribution is -0.140. The zero-order chi connectivity index (χ0) is 18.0. The number of carbonyl (C=O) groups is 2. The highest BCUT2D eigenvalue weighted by Gasteiger charge is 2.27. The fraction of sp³-hybridized carbons (Fsp3) is 0.444. The number of rotatable bonds is 5. The molecule has 1 saturated heterocycles. The summed E-state index contributed by atoms with van der Waals surface area (Å²) in [6, 6.07) is 7.21. The van der Waals surface area contributed by atoms with Crippen LogP contribution in [0.2, 0.25) is 0 Å². The van der Waals surface area contributed by atoms with E-state index in [9.17, 15) is 14.4 Å². The van der Waals surface area contributed by atoms with Crippen LogP contribution in [0.1, 0.15) is 39.2 Å². The third kappa shape index (κ3) is 3.46. The minimum Gasteiger partial charge on any atom is -0.284 e. The molecule has 0 saturated carbocycles. The van der Waals surface area contributed by atoms with E-state index in [0.717, 1.165) is 12.8 Å². The minimum absolute atomic E-state index is 0.0179. The van der Waals surface area contributed by atoms with Gasteiger partial charge in [0.1, 0.15) is 0 Å². The summed E-state index contributed by atoms with van der Waals surface area (Å²) in [5.74, 6) is -0.227. The van der Waals surface area contributed by atoms with Gasteiger partial charge in [0.05, 0.1) is 16.7 Å².